The Hall–Kier alpha value is -2.49. The Morgan fingerprint density at radius 2 is 2.21 bits per heavy atom. The first kappa shape index (κ1) is 13.0. The van der Waals surface area contributed by atoms with Crippen molar-refractivity contribution in [3.05, 3.63) is 59.6 Å². The standard InChI is InChI=1S/C15H14O4/c1-2-5-11-6-3-4-7-14(11)19-10-13-8-12(9-18-13)15(16)17/h2-9H,10H2,1H3,(H,16,17). The molecule has 0 saturated heterocycles. The second-order valence-corrected chi connectivity index (χ2v) is 3.93. The van der Waals surface area contributed by atoms with E-state index in [1.807, 2.05) is 43.3 Å². The molecule has 1 aromatic heterocycles. The zero-order valence-electron chi connectivity index (χ0n) is 10.5. The average Bonchev–Trinajstić information content (AvgIpc) is 2.87. The Morgan fingerprint density at radius 3 is 2.89 bits per heavy atom. The van der Waals surface area contributed by atoms with Crippen LogP contribution in [0, 0.1) is 0 Å². The van der Waals surface area contributed by atoms with Gasteiger partial charge in [-0.2, -0.15) is 0 Å². The van der Waals surface area contributed by atoms with Gasteiger partial charge in [0.1, 0.15) is 24.4 Å². The predicted octanol–water partition coefficient (Wildman–Crippen LogP) is 3.59. The average molecular weight is 258 g/mol. The van der Waals surface area contributed by atoms with Gasteiger partial charge in [0.25, 0.3) is 0 Å². The SMILES string of the molecule is CC=Cc1ccccc1OCc1cc(C(=O)O)co1. The van der Waals surface area contributed by atoms with Gasteiger partial charge in [-0.25, -0.2) is 4.79 Å². The zero-order chi connectivity index (χ0) is 13.7. The molecule has 0 aliphatic rings. The molecule has 0 aliphatic heterocycles. The summed E-state index contributed by atoms with van der Waals surface area (Å²) in [7, 11) is 0. The van der Waals surface area contributed by atoms with Gasteiger partial charge < -0.3 is 14.3 Å². The first-order chi connectivity index (χ1) is 9.20. The molecule has 0 atom stereocenters. The Morgan fingerprint density at radius 1 is 1.42 bits per heavy atom. The van der Waals surface area contributed by atoms with E-state index in [1.165, 1.54) is 12.3 Å². The molecule has 4 heteroatoms. The smallest absolute Gasteiger partial charge is 0.338 e. The summed E-state index contributed by atoms with van der Waals surface area (Å²) in [6, 6.07) is 9.07. The number of allylic oxidation sites excluding steroid dienone is 1. The van der Waals surface area contributed by atoms with Crippen molar-refractivity contribution in [2.75, 3.05) is 0 Å². The van der Waals surface area contributed by atoms with E-state index in [1.54, 1.807) is 0 Å². The van der Waals surface area contributed by atoms with Crippen molar-refractivity contribution in [2.24, 2.45) is 0 Å². The summed E-state index contributed by atoms with van der Waals surface area (Å²) >= 11 is 0. The highest BCUT2D eigenvalue weighted by Gasteiger charge is 2.09. The lowest BCUT2D eigenvalue weighted by atomic mass is 10.2. The second-order valence-electron chi connectivity index (χ2n) is 3.93. The third-order valence-corrected chi connectivity index (χ3v) is 2.54. The molecular formula is C15H14O4. The predicted molar refractivity (Wildman–Crippen MR) is 71.1 cm³/mol. The van der Waals surface area contributed by atoms with E-state index in [2.05, 4.69) is 0 Å². The molecule has 19 heavy (non-hydrogen) atoms. The molecule has 0 saturated carbocycles. The van der Waals surface area contributed by atoms with Gasteiger partial charge in [-0.15, -0.1) is 0 Å². The van der Waals surface area contributed by atoms with E-state index in [4.69, 9.17) is 14.3 Å². The van der Waals surface area contributed by atoms with Crippen molar-refractivity contribution >= 4 is 12.0 Å². The molecule has 4 nitrogen and oxygen atoms in total. The van der Waals surface area contributed by atoms with Crippen LogP contribution < -0.4 is 4.74 Å². The molecule has 0 fully saturated rings. The molecule has 98 valence electrons. The van der Waals surface area contributed by atoms with Gasteiger partial charge in [0.15, 0.2) is 0 Å². The Labute approximate surface area is 110 Å². The summed E-state index contributed by atoms with van der Waals surface area (Å²) in [6.07, 6.45) is 5.08. The number of para-hydroxylation sites is 1. The number of hydrogen-bond donors (Lipinski definition) is 1. The van der Waals surface area contributed by atoms with Crippen LogP contribution in [-0.2, 0) is 6.61 Å². The molecule has 0 bridgehead atoms. The van der Waals surface area contributed by atoms with E-state index in [0.717, 1.165) is 11.3 Å². The van der Waals surface area contributed by atoms with Crippen LogP contribution in [-0.4, -0.2) is 11.1 Å². The second kappa shape index (κ2) is 5.91. The lowest BCUT2D eigenvalue weighted by Gasteiger charge is -2.07. The number of benzene rings is 1. The third-order valence-electron chi connectivity index (χ3n) is 2.54. The zero-order valence-corrected chi connectivity index (χ0v) is 10.5. The summed E-state index contributed by atoms with van der Waals surface area (Å²) in [6.45, 7) is 2.13. The number of hydrogen-bond acceptors (Lipinski definition) is 3. The molecular weight excluding hydrogens is 244 g/mol. The largest absolute Gasteiger partial charge is 0.485 e. The number of carbonyl (C=O) groups is 1. The van der Waals surface area contributed by atoms with Gasteiger partial charge in [-0.05, 0) is 19.1 Å². The van der Waals surface area contributed by atoms with Gasteiger partial charge in [0.05, 0.1) is 5.56 Å². The normalized spacial score (nSPS) is 10.8. The monoisotopic (exact) mass is 258 g/mol. The number of rotatable bonds is 5. The first-order valence-corrected chi connectivity index (χ1v) is 5.86. The Bertz CT molecular complexity index is 596. The molecule has 1 heterocycles. The number of carboxylic acids is 1. The van der Waals surface area contributed by atoms with Gasteiger partial charge >= 0.3 is 5.97 Å². The van der Waals surface area contributed by atoms with Crippen LogP contribution in [0.4, 0.5) is 0 Å². The minimum absolute atomic E-state index is 0.125. The third kappa shape index (κ3) is 3.25. The number of aromatic carboxylic acids is 1. The minimum Gasteiger partial charge on any atom is -0.485 e. The summed E-state index contributed by atoms with van der Waals surface area (Å²) in [4.78, 5) is 10.7. The number of furan rings is 1. The van der Waals surface area contributed by atoms with Crippen molar-refractivity contribution in [1.82, 2.24) is 0 Å². The lowest BCUT2D eigenvalue weighted by Crippen LogP contribution is -1.96. The van der Waals surface area contributed by atoms with E-state index in [-0.39, 0.29) is 12.2 Å². The Kier molecular flexibility index (Phi) is 4.03. The topological polar surface area (TPSA) is 59.7 Å². The van der Waals surface area contributed by atoms with Gasteiger partial charge in [-0.1, -0.05) is 30.4 Å². The van der Waals surface area contributed by atoms with Crippen LogP contribution in [0.2, 0.25) is 0 Å². The van der Waals surface area contributed by atoms with E-state index < -0.39 is 5.97 Å². The van der Waals surface area contributed by atoms with E-state index in [9.17, 15) is 4.79 Å². The van der Waals surface area contributed by atoms with Crippen molar-refractivity contribution in [3.8, 4) is 5.75 Å². The highest BCUT2D eigenvalue weighted by Crippen LogP contribution is 2.21. The van der Waals surface area contributed by atoms with Crippen LogP contribution >= 0.6 is 0 Å². The number of carboxylic acid groups (broad SMARTS) is 1. The van der Waals surface area contributed by atoms with Crippen LogP contribution in [0.15, 0.2) is 47.1 Å². The molecule has 2 rings (SSSR count). The van der Waals surface area contributed by atoms with Crippen molar-refractivity contribution in [3.63, 3.8) is 0 Å². The fraction of sp³-hybridized carbons (Fsp3) is 0.133. The molecule has 0 unspecified atom stereocenters. The molecule has 0 aliphatic carbocycles. The van der Waals surface area contributed by atoms with Crippen LogP contribution in [0.25, 0.3) is 6.08 Å². The summed E-state index contributed by atoms with van der Waals surface area (Å²) in [5.41, 5.74) is 1.09. The number of ether oxygens (including phenoxy) is 1. The fourth-order valence-corrected chi connectivity index (χ4v) is 1.65. The summed E-state index contributed by atoms with van der Waals surface area (Å²) < 4.78 is 10.8. The lowest BCUT2D eigenvalue weighted by molar-refractivity contribution is 0.0696. The molecule has 0 spiro atoms. The quantitative estimate of drug-likeness (QED) is 0.890. The highest BCUT2D eigenvalue weighted by molar-refractivity contribution is 5.87. The molecule has 2 aromatic rings. The maximum Gasteiger partial charge on any atom is 0.338 e. The van der Waals surface area contributed by atoms with Crippen LogP contribution in [0.5, 0.6) is 5.75 Å². The minimum atomic E-state index is -1.01. The van der Waals surface area contributed by atoms with Gasteiger partial charge in [0, 0.05) is 5.56 Å². The van der Waals surface area contributed by atoms with Crippen molar-refractivity contribution in [2.45, 2.75) is 13.5 Å². The molecule has 1 aromatic carbocycles. The van der Waals surface area contributed by atoms with Crippen molar-refractivity contribution < 1.29 is 19.1 Å². The first-order valence-electron chi connectivity index (χ1n) is 5.86. The van der Waals surface area contributed by atoms with Crippen LogP contribution in [0.1, 0.15) is 28.6 Å². The maximum absolute atomic E-state index is 10.7. The van der Waals surface area contributed by atoms with Crippen LogP contribution in [0.3, 0.4) is 0 Å². The summed E-state index contributed by atoms with van der Waals surface area (Å²) in [5, 5.41) is 8.79. The fourth-order valence-electron chi connectivity index (χ4n) is 1.65. The molecule has 1 N–H and O–H groups in total. The van der Waals surface area contributed by atoms with E-state index >= 15 is 0 Å². The van der Waals surface area contributed by atoms with Gasteiger partial charge in [0.2, 0.25) is 0 Å². The maximum atomic E-state index is 10.7. The van der Waals surface area contributed by atoms with Crippen molar-refractivity contribution in [1.29, 1.82) is 0 Å². The Balaban J connectivity index is 2.07. The molecule has 0 amide bonds. The van der Waals surface area contributed by atoms with E-state index in [0.29, 0.717) is 5.76 Å². The highest BCUT2D eigenvalue weighted by atomic mass is 16.5. The van der Waals surface area contributed by atoms with Gasteiger partial charge in [-0.3, -0.25) is 0 Å². The molecule has 0 radical (unpaired) electrons. The summed E-state index contributed by atoms with van der Waals surface area (Å²) in [5.74, 6) is 0.200.